The number of aliphatic hydroxyl groups excluding tert-OH is 1. The molecule has 1 fully saturated rings. The van der Waals surface area contributed by atoms with E-state index in [1.165, 1.54) is 57.8 Å². The van der Waals surface area contributed by atoms with E-state index in [0.717, 1.165) is 24.1 Å². The lowest BCUT2D eigenvalue weighted by Crippen LogP contribution is -2.41. The van der Waals surface area contributed by atoms with Gasteiger partial charge in [0.1, 0.15) is 11.5 Å². The maximum Gasteiger partial charge on any atom is 0.272 e. The Kier molecular flexibility index (Phi) is 26.8. The Morgan fingerprint density at radius 3 is 2.00 bits per heavy atom. The van der Waals surface area contributed by atoms with Crippen LogP contribution in [-0.2, 0) is 4.79 Å². The number of amides is 2. The summed E-state index contributed by atoms with van der Waals surface area (Å²) < 4.78 is 13.2. The van der Waals surface area contributed by atoms with Gasteiger partial charge in [-0.15, -0.1) is 0 Å². The molecule has 294 valence electrons. The van der Waals surface area contributed by atoms with Crippen LogP contribution >= 0.6 is 0 Å². The summed E-state index contributed by atoms with van der Waals surface area (Å²) in [6, 6.07) is 7.04. The van der Waals surface area contributed by atoms with Gasteiger partial charge in [-0.2, -0.15) is 5.10 Å². The standard InChI is InChI=1S/C32H50N4O5.C6H14.2C2H6/c1-7-25(37)20-33-30(38)18-24(17-16-23-12-9-8-10-13-23)34-32(39)26-19-27(36(35-26)22(4)21(2)3)31-28(40-5)14-11-15-29(31)41-6;1-3-5-6-4-2;2*1-2/h11,14-15,19,21-25,37H,7-10,12-13,16-18,20H2,1-6H3,(H,33,38)(H,34,39);3-6H2,1-2H3;2*1-2H3. The highest BCUT2D eigenvalue weighted by atomic mass is 16.5. The first-order valence-electron chi connectivity index (χ1n) is 20.2. The lowest BCUT2D eigenvalue weighted by atomic mass is 9.85. The van der Waals surface area contributed by atoms with Crippen molar-refractivity contribution in [2.75, 3.05) is 20.8 Å². The van der Waals surface area contributed by atoms with Crippen LogP contribution in [0, 0.1) is 11.8 Å². The van der Waals surface area contributed by atoms with E-state index in [9.17, 15) is 14.7 Å². The maximum absolute atomic E-state index is 13.7. The molecule has 9 heteroatoms. The fraction of sp³-hybridized carbons (Fsp3) is 0.738. The molecule has 1 aliphatic carbocycles. The molecule has 0 radical (unpaired) electrons. The molecule has 0 bridgehead atoms. The zero-order chi connectivity index (χ0) is 38.8. The Hall–Kier alpha value is -3.07. The number of aromatic nitrogens is 2. The van der Waals surface area contributed by atoms with Crippen LogP contribution in [0.1, 0.15) is 169 Å². The number of unbranched alkanes of at least 4 members (excludes halogenated alkanes) is 3. The van der Waals surface area contributed by atoms with Crippen LogP contribution in [0.15, 0.2) is 24.3 Å². The van der Waals surface area contributed by atoms with Crippen molar-refractivity contribution in [3.63, 3.8) is 0 Å². The highest BCUT2D eigenvalue weighted by Crippen LogP contribution is 2.40. The molecular formula is C42H76N4O5. The van der Waals surface area contributed by atoms with Gasteiger partial charge in [0.2, 0.25) is 5.91 Å². The second-order valence-electron chi connectivity index (χ2n) is 13.4. The van der Waals surface area contributed by atoms with Crippen molar-refractivity contribution >= 4 is 11.8 Å². The van der Waals surface area contributed by atoms with E-state index in [0.29, 0.717) is 23.8 Å². The number of ether oxygens (including phenoxy) is 2. The Bertz CT molecular complexity index is 1170. The highest BCUT2D eigenvalue weighted by molar-refractivity contribution is 5.94. The van der Waals surface area contributed by atoms with Crippen LogP contribution in [0.4, 0.5) is 0 Å². The maximum atomic E-state index is 13.7. The lowest BCUT2D eigenvalue weighted by molar-refractivity contribution is -0.122. The molecule has 0 spiro atoms. The summed E-state index contributed by atoms with van der Waals surface area (Å²) in [5.74, 6) is 1.66. The third-order valence-electron chi connectivity index (χ3n) is 9.38. The van der Waals surface area contributed by atoms with Crippen molar-refractivity contribution in [1.29, 1.82) is 0 Å². The summed E-state index contributed by atoms with van der Waals surface area (Å²) in [6.45, 7) is 20.9. The molecule has 2 aromatic rings. The number of hydrogen-bond donors (Lipinski definition) is 3. The van der Waals surface area contributed by atoms with Crippen LogP contribution in [-0.4, -0.2) is 59.6 Å². The smallest absolute Gasteiger partial charge is 0.272 e. The lowest BCUT2D eigenvalue weighted by Gasteiger charge is -2.24. The highest BCUT2D eigenvalue weighted by Gasteiger charge is 2.27. The average Bonchev–Trinajstić information content (AvgIpc) is 3.61. The quantitative estimate of drug-likeness (QED) is 0.132. The van der Waals surface area contributed by atoms with Crippen LogP contribution in [0.3, 0.4) is 0 Å². The van der Waals surface area contributed by atoms with Crippen LogP contribution in [0.2, 0.25) is 0 Å². The zero-order valence-electron chi connectivity index (χ0n) is 34.6. The Morgan fingerprint density at radius 2 is 1.51 bits per heavy atom. The summed E-state index contributed by atoms with van der Waals surface area (Å²) in [7, 11) is 3.22. The number of nitrogens with zero attached hydrogens (tertiary/aromatic N) is 2. The molecular weight excluding hydrogens is 640 g/mol. The van der Waals surface area contributed by atoms with E-state index in [2.05, 4.69) is 45.3 Å². The number of rotatable bonds is 18. The molecule has 1 aliphatic rings. The van der Waals surface area contributed by atoms with Gasteiger partial charge < -0.3 is 25.2 Å². The summed E-state index contributed by atoms with van der Waals surface area (Å²) in [5, 5.41) is 20.6. The van der Waals surface area contributed by atoms with E-state index in [4.69, 9.17) is 14.6 Å². The molecule has 3 N–H and O–H groups in total. The Labute approximate surface area is 312 Å². The van der Waals surface area contributed by atoms with Crippen LogP contribution in [0.5, 0.6) is 11.5 Å². The van der Waals surface area contributed by atoms with Gasteiger partial charge in [-0.3, -0.25) is 14.3 Å². The van der Waals surface area contributed by atoms with E-state index in [-0.39, 0.29) is 48.5 Å². The SMILES string of the molecule is CC.CC.CCC(O)CNC(=O)CC(CCC1CCCCC1)NC(=O)c1cc(-c2c(OC)cccc2OC)n(C(C)C(C)C)n1.CCCCCC. The molecule has 9 nitrogen and oxygen atoms in total. The van der Waals surface area contributed by atoms with Gasteiger partial charge >= 0.3 is 0 Å². The number of benzene rings is 1. The molecule has 0 saturated heterocycles. The summed E-state index contributed by atoms with van der Waals surface area (Å²) >= 11 is 0. The van der Waals surface area contributed by atoms with E-state index >= 15 is 0 Å². The largest absolute Gasteiger partial charge is 0.496 e. The van der Waals surface area contributed by atoms with Crippen molar-refractivity contribution in [3.05, 3.63) is 30.0 Å². The van der Waals surface area contributed by atoms with Crippen molar-refractivity contribution in [1.82, 2.24) is 20.4 Å². The second-order valence-corrected chi connectivity index (χ2v) is 13.4. The van der Waals surface area contributed by atoms with Gasteiger partial charge in [-0.05, 0) is 56.2 Å². The fourth-order valence-corrected chi connectivity index (χ4v) is 5.96. The number of nitrogens with one attached hydrogen (secondary N) is 2. The second kappa shape index (κ2) is 28.5. The van der Waals surface area contributed by atoms with Crippen LogP contribution < -0.4 is 20.1 Å². The van der Waals surface area contributed by atoms with E-state index < -0.39 is 6.10 Å². The molecule has 1 saturated carbocycles. The minimum absolute atomic E-state index is 0.000891. The molecule has 1 heterocycles. The molecule has 3 unspecified atom stereocenters. The van der Waals surface area contributed by atoms with Gasteiger partial charge in [0.05, 0.1) is 37.6 Å². The van der Waals surface area contributed by atoms with Crippen molar-refractivity contribution in [2.45, 2.75) is 171 Å². The Morgan fingerprint density at radius 1 is 0.941 bits per heavy atom. The monoisotopic (exact) mass is 717 g/mol. The number of aliphatic hydroxyl groups is 1. The first kappa shape index (κ1) is 47.9. The number of methoxy groups -OCH3 is 2. The van der Waals surface area contributed by atoms with Crippen LogP contribution in [0.25, 0.3) is 11.3 Å². The van der Waals surface area contributed by atoms with Gasteiger partial charge in [0.15, 0.2) is 5.69 Å². The van der Waals surface area contributed by atoms with Crippen molar-refractivity contribution < 1.29 is 24.2 Å². The Balaban J connectivity index is 0.00000223. The molecule has 1 aromatic heterocycles. The first-order valence-corrected chi connectivity index (χ1v) is 20.2. The van der Waals surface area contributed by atoms with Gasteiger partial charge in [-0.1, -0.05) is 126 Å². The number of carbonyl (C=O) groups excluding carboxylic acids is 2. The van der Waals surface area contributed by atoms with Crippen molar-refractivity contribution in [2.24, 2.45) is 11.8 Å². The summed E-state index contributed by atoms with van der Waals surface area (Å²) in [4.78, 5) is 26.4. The van der Waals surface area contributed by atoms with E-state index in [1.54, 1.807) is 20.3 Å². The summed E-state index contributed by atoms with van der Waals surface area (Å²) in [6.07, 6.45) is 13.6. The topological polar surface area (TPSA) is 115 Å². The summed E-state index contributed by atoms with van der Waals surface area (Å²) in [5.41, 5.74) is 1.75. The van der Waals surface area contributed by atoms with Crippen molar-refractivity contribution in [3.8, 4) is 22.8 Å². The third-order valence-corrected chi connectivity index (χ3v) is 9.38. The van der Waals surface area contributed by atoms with Gasteiger partial charge in [-0.25, -0.2) is 0 Å². The number of hydrogen-bond acceptors (Lipinski definition) is 6. The number of carbonyl (C=O) groups is 2. The molecule has 1 aromatic carbocycles. The average molecular weight is 717 g/mol. The zero-order valence-corrected chi connectivity index (χ0v) is 34.6. The molecule has 2 amide bonds. The first-order chi connectivity index (χ1) is 24.6. The molecule has 51 heavy (non-hydrogen) atoms. The predicted octanol–water partition coefficient (Wildman–Crippen LogP) is 10.2. The minimum Gasteiger partial charge on any atom is -0.496 e. The van der Waals surface area contributed by atoms with E-state index in [1.807, 2.05) is 57.5 Å². The molecule has 0 aliphatic heterocycles. The van der Waals surface area contributed by atoms with Gasteiger partial charge in [0, 0.05) is 19.0 Å². The predicted molar refractivity (Wildman–Crippen MR) is 214 cm³/mol. The fourth-order valence-electron chi connectivity index (χ4n) is 5.96. The molecule has 3 rings (SSSR count). The minimum atomic E-state index is -0.577. The van der Waals surface area contributed by atoms with Gasteiger partial charge in [0.25, 0.3) is 5.91 Å². The normalized spacial score (nSPS) is 14.3. The third kappa shape index (κ3) is 17.3. The molecule has 3 atom stereocenters.